The van der Waals surface area contributed by atoms with Crippen molar-refractivity contribution in [3.63, 3.8) is 0 Å². The van der Waals surface area contributed by atoms with Gasteiger partial charge >= 0.3 is 0 Å². The fourth-order valence-electron chi connectivity index (χ4n) is 4.89. The van der Waals surface area contributed by atoms with Crippen molar-refractivity contribution in [2.24, 2.45) is 11.8 Å². The Morgan fingerprint density at radius 2 is 1.39 bits per heavy atom. The predicted octanol–water partition coefficient (Wildman–Crippen LogP) is 3.69. The van der Waals surface area contributed by atoms with Crippen LogP contribution in [0.5, 0.6) is 0 Å². The third-order valence-electron chi connectivity index (χ3n) is 7.62. The molecule has 4 rings (SSSR count). The number of imide groups is 2. The van der Waals surface area contributed by atoms with Crippen molar-refractivity contribution in [1.29, 1.82) is 0 Å². The number of hydrogen-bond acceptors (Lipinski definition) is 16. The van der Waals surface area contributed by atoms with E-state index >= 15 is 0 Å². The Kier molecular flexibility index (Phi) is 32.9. The van der Waals surface area contributed by atoms with Crippen molar-refractivity contribution >= 4 is 132 Å². The van der Waals surface area contributed by atoms with Crippen LogP contribution in [0, 0.1) is 11.8 Å². The van der Waals surface area contributed by atoms with E-state index in [0.717, 1.165) is 37.3 Å². The van der Waals surface area contributed by atoms with Gasteiger partial charge in [-0.15, -0.1) is 5.75 Å². The quantitative estimate of drug-likeness (QED) is 0.151. The maximum absolute atomic E-state index is 12.0. The Hall–Kier alpha value is -2.16. The third-order valence-corrected chi connectivity index (χ3v) is 10.9. The first-order valence-electron chi connectivity index (χ1n) is 19.1. The fourth-order valence-corrected chi connectivity index (χ4v) is 6.73. The van der Waals surface area contributed by atoms with Crippen LogP contribution in [-0.4, -0.2) is 150 Å². The summed E-state index contributed by atoms with van der Waals surface area (Å²) in [7, 11) is 0. The van der Waals surface area contributed by atoms with Crippen molar-refractivity contribution in [3.8, 4) is 0 Å². The third kappa shape index (κ3) is 25.2. The molecule has 2 aliphatic heterocycles. The van der Waals surface area contributed by atoms with Gasteiger partial charge in [0, 0.05) is 75.0 Å². The molecule has 5 amide bonds. The summed E-state index contributed by atoms with van der Waals surface area (Å²) in [4.78, 5) is 119. The van der Waals surface area contributed by atoms with Crippen LogP contribution in [-0.2, 0) is 80.7 Å². The zero-order chi connectivity index (χ0) is 47.1. The molecule has 0 spiro atoms. The van der Waals surface area contributed by atoms with E-state index in [1.54, 1.807) is 30.9 Å². The average Bonchev–Trinajstić information content (AvgIpc) is 3.64. The summed E-state index contributed by atoms with van der Waals surface area (Å²) in [6.45, 7) is 0.836. The predicted molar refractivity (Wildman–Crippen MR) is 229 cm³/mol. The summed E-state index contributed by atoms with van der Waals surface area (Å²) in [5, 5.41) is 2.10. The largest absolute Gasteiger partial charge is 0.545 e. The molecule has 2 heterocycles. The molecule has 2 unspecified atom stereocenters. The topological polar surface area (TPSA) is 206 Å². The summed E-state index contributed by atoms with van der Waals surface area (Å²) in [5.41, 5.74) is 0.955. The van der Waals surface area contributed by atoms with E-state index in [2.05, 4.69) is 5.32 Å². The maximum Gasteiger partial charge on any atom is 0.243 e. The van der Waals surface area contributed by atoms with Crippen molar-refractivity contribution in [3.05, 3.63) is 29.8 Å². The second-order valence-corrected chi connectivity index (χ2v) is 16.0. The summed E-state index contributed by atoms with van der Waals surface area (Å²) >= 11 is 7.01. The molecule has 1 aliphatic carbocycles. The van der Waals surface area contributed by atoms with Crippen LogP contribution in [0.2, 0.25) is 0 Å². The first-order valence-corrected chi connectivity index (χ1v) is 23.3. The number of likely N-dealkylation sites (tertiary alicyclic amines) is 2. The van der Waals surface area contributed by atoms with Gasteiger partial charge in [-0.3, -0.25) is 51.6 Å². The molecule has 315 valence electrons. The molecule has 0 aromatic heterocycles. The molecule has 1 radical (unpaired) electrons. The van der Waals surface area contributed by atoms with Crippen LogP contribution in [0.25, 0.3) is 0 Å². The van der Waals surface area contributed by atoms with Gasteiger partial charge in [0.25, 0.3) is 0 Å². The number of benzene rings is 1. The smallest absolute Gasteiger partial charge is 0.243 e. The van der Waals surface area contributed by atoms with E-state index in [-0.39, 0.29) is 85.1 Å². The van der Waals surface area contributed by atoms with Gasteiger partial charge in [-0.25, -0.2) is 0 Å². The molecule has 2 saturated heterocycles. The number of aldehydes is 4. The van der Waals surface area contributed by atoms with Crippen LogP contribution in [0.4, 0.5) is 5.69 Å². The molecule has 1 aromatic carbocycles. The zero-order valence-electron chi connectivity index (χ0n) is 37.4. The Labute approximate surface area is 389 Å². The molecule has 3 aliphatic rings. The van der Waals surface area contributed by atoms with Crippen molar-refractivity contribution in [2.45, 2.75) is 49.0 Å². The fraction of sp³-hybridized carbons (Fsp3) is 0.541. The van der Waals surface area contributed by atoms with Crippen LogP contribution in [0.3, 0.4) is 0 Å². The SMILES string of the molecule is CSC[C-]=O.[2H]C(=O)C1CCC(CN2C(=O)CC(SC)C2=O)CC1.[2H]C(=O)CN1C(=O)CC(SC)C1=O.[2H]C(=O)CSC.[2H]C(=O)c1ccc(NC(=O)CSC)cc1.[2H][C-]=O.[Y]. The molecule has 20 heteroatoms. The number of carbonyl (C=O) groups excluding carboxylic acids is 11. The minimum atomic E-state index is -0.913. The number of carbonyl (C=O) groups is 9. The van der Waals surface area contributed by atoms with Gasteiger partial charge in [0.15, 0.2) is 0 Å². The molecule has 1 N–H and O–H groups in total. The first kappa shape index (κ1) is 49.2. The Balaban J connectivity index is -0.000000733. The first-order chi connectivity index (χ1) is 28.8. The number of hydrogen-bond donors (Lipinski definition) is 1. The van der Waals surface area contributed by atoms with Gasteiger partial charge in [0.1, 0.15) is 30.5 Å². The monoisotopic (exact) mass is 967 g/mol. The van der Waals surface area contributed by atoms with E-state index in [9.17, 15) is 47.9 Å². The van der Waals surface area contributed by atoms with Gasteiger partial charge in [-0.05, 0) is 87.1 Å². The van der Waals surface area contributed by atoms with Crippen LogP contribution >= 0.6 is 58.8 Å². The molecule has 57 heavy (non-hydrogen) atoms. The zero-order valence-corrected chi connectivity index (χ0v) is 39.3. The molecule has 1 saturated carbocycles. The summed E-state index contributed by atoms with van der Waals surface area (Å²) in [6, 6.07) is 6.26. The van der Waals surface area contributed by atoms with E-state index < -0.39 is 31.6 Å². The van der Waals surface area contributed by atoms with Crippen LogP contribution in [0.15, 0.2) is 24.3 Å². The molecule has 1 aromatic rings. The van der Waals surface area contributed by atoms with Gasteiger partial charge in [0.2, 0.25) is 29.5 Å². The Morgan fingerprint density at radius 3 is 1.74 bits per heavy atom. The van der Waals surface area contributed by atoms with Gasteiger partial charge in [-0.1, -0.05) is 0 Å². The second-order valence-electron chi connectivity index (χ2n) is 11.3. The van der Waals surface area contributed by atoms with Gasteiger partial charge in [0.05, 0.1) is 22.8 Å². The molecule has 0 bridgehead atoms. The standard InChI is InChI=1S/C13H19NO3S.C10H11NO2S.C7H9NO3S.C3H6OS.C3H5OS.CHO.Y/c1-18-11-6-12(16)14(13(11)17)7-9-2-4-10(8-15)5-3-9;1-14-7-10(13)11-9-4-2-8(6-12)3-5-9;1-12-5-4-6(10)8(2-3-9)7(5)11;2*1-5-3-2-4;1-2;/h8-11H,2-7H2,1H3;2-6H,7H2,1H3,(H,11,13);3,5H,2,4H2,1H3;2H,3H2,1H3;3H2,1H3;1H;/q;;;;2*-1;/i8D;6D;3D;2D;;1D;. The average molecular weight is 968 g/mol. The molecule has 2 atom stereocenters. The normalized spacial score (nSPS) is 20.2. The van der Waals surface area contributed by atoms with Crippen LogP contribution < -0.4 is 5.32 Å². The maximum atomic E-state index is 12.0. The summed E-state index contributed by atoms with van der Waals surface area (Å²) in [6.07, 6.45) is 11.8. The number of amides is 5. The minimum Gasteiger partial charge on any atom is -0.545 e. The van der Waals surface area contributed by atoms with E-state index in [4.69, 9.17) is 11.6 Å². The van der Waals surface area contributed by atoms with E-state index in [0.29, 0.717) is 47.4 Å². The van der Waals surface area contributed by atoms with Crippen molar-refractivity contribution < 1.29 is 92.3 Å². The van der Waals surface area contributed by atoms with E-state index in [1.165, 1.54) is 75.8 Å². The summed E-state index contributed by atoms with van der Waals surface area (Å²) in [5.74, 6) is 0.470. The van der Waals surface area contributed by atoms with Gasteiger partial charge in [-0.2, -0.15) is 60.2 Å². The molecular formula is C37H51N3O11S5Y-2. The Bertz CT molecular complexity index is 1630. The number of thioether (sulfide) groups is 5. The van der Waals surface area contributed by atoms with E-state index in [1.807, 2.05) is 18.8 Å². The molecular weight excluding hydrogens is 912 g/mol. The number of nitrogens with zero attached hydrogens (tertiary/aromatic N) is 2. The van der Waals surface area contributed by atoms with Crippen molar-refractivity contribution in [2.75, 3.05) is 66.9 Å². The number of anilines is 1. The van der Waals surface area contributed by atoms with Gasteiger partial charge < -0.3 is 29.3 Å². The second kappa shape index (κ2) is 38.1. The van der Waals surface area contributed by atoms with Crippen molar-refractivity contribution in [1.82, 2.24) is 9.80 Å². The number of nitrogens with one attached hydrogen (secondary N) is 1. The van der Waals surface area contributed by atoms with Crippen LogP contribution in [0.1, 0.15) is 55.7 Å². The summed E-state index contributed by atoms with van der Waals surface area (Å²) < 4.78 is 32.4. The molecule has 14 nitrogen and oxygen atoms in total. The Morgan fingerprint density at radius 1 is 0.860 bits per heavy atom. The number of rotatable bonds is 15. The minimum absolute atomic E-state index is 0. The molecule has 3 fully saturated rings.